The molecule has 0 saturated carbocycles. The second kappa shape index (κ2) is 6.68. The maximum absolute atomic E-state index is 6.19. The van der Waals surface area contributed by atoms with E-state index in [0.717, 1.165) is 24.5 Å². The van der Waals surface area contributed by atoms with Crippen LogP contribution in [0.25, 0.3) is 0 Å². The molecule has 118 valence electrons. The Morgan fingerprint density at radius 3 is 2.76 bits per heavy atom. The highest BCUT2D eigenvalue weighted by Crippen LogP contribution is 2.45. The first-order valence-corrected chi connectivity index (χ1v) is 8.41. The molecular formula is C18H29ClN2. The van der Waals surface area contributed by atoms with Crippen molar-refractivity contribution >= 4 is 11.6 Å². The standard InChI is InChI=1S/C18H29ClN2/c1-13(2)21(5)10-6-9-20-17-16-11-15(19)8-7-14(16)12-18(17,3)4/h7-8,11,13,17,20H,6,9-10,12H2,1-5H3. The lowest BCUT2D eigenvalue weighted by Crippen LogP contribution is -2.34. The van der Waals surface area contributed by atoms with E-state index in [9.17, 15) is 0 Å². The third-order valence-electron chi connectivity index (χ3n) is 4.76. The van der Waals surface area contributed by atoms with Crippen molar-refractivity contribution in [1.82, 2.24) is 10.2 Å². The summed E-state index contributed by atoms with van der Waals surface area (Å²) in [6.07, 6.45) is 2.31. The highest BCUT2D eigenvalue weighted by Gasteiger charge is 2.38. The maximum Gasteiger partial charge on any atom is 0.0409 e. The molecule has 1 aliphatic rings. The molecule has 0 aliphatic heterocycles. The molecule has 2 rings (SSSR count). The van der Waals surface area contributed by atoms with Crippen LogP contribution in [-0.4, -0.2) is 31.1 Å². The fraction of sp³-hybridized carbons (Fsp3) is 0.667. The van der Waals surface area contributed by atoms with Crippen LogP contribution in [-0.2, 0) is 6.42 Å². The van der Waals surface area contributed by atoms with Gasteiger partial charge >= 0.3 is 0 Å². The van der Waals surface area contributed by atoms with Gasteiger partial charge in [-0.2, -0.15) is 0 Å². The van der Waals surface area contributed by atoms with Gasteiger partial charge in [-0.05, 0) is 75.5 Å². The van der Waals surface area contributed by atoms with Crippen molar-refractivity contribution in [1.29, 1.82) is 0 Å². The van der Waals surface area contributed by atoms with Gasteiger partial charge in [-0.1, -0.05) is 31.5 Å². The Bertz CT molecular complexity index is 482. The molecule has 0 aromatic heterocycles. The van der Waals surface area contributed by atoms with Gasteiger partial charge in [-0.15, -0.1) is 0 Å². The minimum atomic E-state index is 0.261. The molecule has 0 spiro atoms. The van der Waals surface area contributed by atoms with Crippen molar-refractivity contribution in [3.8, 4) is 0 Å². The van der Waals surface area contributed by atoms with E-state index in [1.807, 2.05) is 6.07 Å². The number of nitrogens with zero attached hydrogens (tertiary/aromatic N) is 1. The van der Waals surface area contributed by atoms with Gasteiger partial charge in [-0.25, -0.2) is 0 Å². The normalized spacial score (nSPS) is 20.3. The zero-order chi connectivity index (χ0) is 15.6. The van der Waals surface area contributed by atoms with Crippen LogP contribution in [0, 0.1) is 5.41 Å². The Kier molecular flexibility index (Phi) is 5.34. The Labute approximate surface area is 134 Å². The monoisotopic (exact) mass is 308 g/mol. The number of benzene rings is 1. The molecule has 1 N–H and O–H groups in total. The summed E-state index contributed by atoms with van der Waals surface area (Å²) in [4.78, 5) is 2.40. The van der Waals surface area contributed by atoms with Crippen LogP contribution in [0.3, 0.4) is 0 Å². The van der Waals surface area contributed by atoms with E-state index in [1.165, 1.54) is 17.5 Å². The molecule has 1 aromatic carbocycles. The SMILES string of the molecule is CC(C)N(C)CCCNC1c2cc(Cl)ccc2CC1(C)C. The van der Waals surface area contributed by atoms with Crippen molar-refractivity contribution in [2.75, 3.05) is 20.1 Å². The van der Waals surface area contributed by atoms with Gasteiger partial charge in [0.05, 0.1) is 0 Å². The molecule has 3 heteroatoms. The van der Waals surface area contributed by atoms with Gasteiger partial charge < -0.3 is 10.2 Å². The molecule has 0 saturated heterocycles. The topological polar surface area (TPSA) is 15.3 Å². The number of rotatable bonds is 6. The second-order valence-electron chi connectivity index (χ2n) is 7.32. The molecule has 1 aromatic rings. The van der Waals surface area contributed by atoms with Crippen LogP contribution in [0.1, 0.15) is 51.3 Å². The third-order valence-corrected chi connectivity index (χ3v) is 5.00. The quantitative estimate of drug-likeness (QED) is 0.789. The van der Waals surface area contributed by atoms with Gasteiger partial charge in [0.15, 0.2) is 0 Å². The average Bonchev–Trinajstić information content (AvgIpc) is 2.64. The zero-order valence-electron chi connectivity index (χ0n) is 14.0. The summed E-state index contributed by atoms with van der Waals surface area (Å²) in [6.45, 7) is 11.4. The first kappa shape index (κ1) is 16.8. The molecule has 0 fully saturated rings. The number of halogens is 1. The van der Waals surface area contributed by atoms with Gasteiger partial charge in [0.25, 0.3) is 0 Å². The molecule has 2 nitrogen and oxygen atoms in total. The van der Waals surface area contributed by atoms with E-state index in [1.54, 1.807) is 0 Å². The van der Waals surface area contributed by atoms with Crippen molar-refractivity contribution in [2.24, 2.45) is 5.41 Å². The third kappa shape index (κ3) is 4.00. The molecule has 1 atom stereocenters. The van der Waals surface area contributed by atoms with Gasteiger partial charge in [0.2, 0.25) is 0 Å². The molecule has 1 aliphatic carbocycles. The van der Waals surface area contributed by atoms with Crippen molar-refractivity contribution in [3.63, 3.8) is 0 Å². The van der Waals surface area contributed by atoms with Gasteiger partial charge in [0.1, 0.15) is 0 Å². The van der Waals surface area contributed by atoms with Crippen molar-refractivity contribution in [3.05, 3.63) is 34.3 Å². The number of fused-ring (bicyclic) bond motifs is 1. The summed E-state index contributed by atoms with van der Waals surface area (Å²) < 4.78 is 0. The van der Waals surface area contributed by atoms with Gasteiger partial charge in [0, 0.05) is 17.1 Å². The highest BCUT2D eigenvalue weighted by molar-refractivity contribution is 6.30. The van der Waals surface area contributed by atoms with Crippen molar-refractivity contribution < 1.29 is 0 Å². The highest BCUT2D eigenvalue weighted by atomic mass is 35.5. The lowest BCUT2D eigenvalue weighted by molar-refractivity contribution is 0.246. The molecular weight excluding hydrogens is 280 g/mol. The van der Waals surface area contributed by atoms with Crippen LogP contribution in [0.4, 0.5) is 0 Å². The summed E-state index contributed by atoms with van der Waals surface area (Å²) >= 11 is 6.19. The van der Waals surface area contributed by atoms with Crippen LogP contribution in [0.5, 0.6) is 0 Å². The minimum absolute atomic E-state index is 0.261. The fourth-order valence-electron chi connectivity index (χ4n) is 3.23. The van der Waals surface area contributed by atoms with E-state index < -0.39 is 0 Å². The first-order chi connectivity index (χ1) is 9.81. The average molecular weight is 309 g/mol. The number of hydrogen-bond acceptors (Lipinski definition) is 2. The summed E-state index contributed by atoms with van der Waals surface area (Å²) in [7, 11) is 2.19. The summed E-state index contributed by atoms with van der Waals surface area (Å²) in [5, 5.41) is 4.61. The Morgan fingerprint density at radius 2 is 2.10 bits per heavy atom. The molecule has 0 heterocycles. The molecule has 0 radical (unpaired) electrons. The lowest BCUT2D eigenvalue weighted by Gasteiger charge is -2.29. The molecule has 0 amide bonds. The van der Waals surface area contributed by atoms with E-state index in [-0.39, 0.29) is 5.41 Å². The van der Waals surface area contributed by atoms with Crippen LogP contribution < -0.4 is 5.32 Å². The van der Waals surface area contributed by atoms with Crippen molar-refractivity contribution in [2.45, 2.75) is 52.6 Å². The predicted molar refractivity (Wildman–Crippen MR) is 92.1 cm³/mol. The number of hydrogen-bond donors (Lipinski definition) is 1. The largest absolute Gasteiger partial charge is 0.309 e. The fourth-order valence-corrected chi connectivity index (χ4v) is 3.41. The van der Waals surface area contributed by atoms with E-state index in [4.69, 9.17) is 11.6 Å². The zero-order valence-corrected chi connectivity index (χ0v) is 14.8. The van der Waals surface area contributed by atoms with Crippen LogP contribution >= 0.6 is 11.6 Å². The molecule has 21 heavy (non-hydrogen) atoms. The predicted octanol–water partition coefficient (Wildman–Crippen LogP) is 4.28. The smallest absolute Gasteiger partial charge is 0.0409 e. The van der Waals surface area contributed by atoms with Crippen LogP contribution in [0.2, 0.25) is 5.02 Å². The Balaban J connectivity index is 1.95. The second-order valence-corrected chi connectivity index (χ2v) is 7.76. The minimum Gasteiger partial charge on any atom is -0.309 e. The molecule has 0 bridgehead atoms. The summed E-state index contributed by atoms with van der Waals surface area (Å²) in [5.41, 5.74) is 3.10. The van der Waals surface area contributed by atoms with Gasteiger partial charge in [-0.3, -0.25) is 0 Å². The summed E-state index contributed by atoms with van der Waals surface area (Å²) in [6, 6.07) is 7.37. The Morgan fingerprint density at radius 1 is 1.38 bits per heavy atom. The Hall–Kier alpha value is -0.570. The first-order valence-electron chi connectivity index (χ1n) is 8.03. The summed E-state index contributed by atoms with van der Waals surface area (Å²) in [5.74, 6) is 0. The van der Waals surface area contributed by atoms with Crippen LogP contribution in [0.15, 0.2) is 18.2 Å². The van der Waals surface area contributed by atoms with E-state index in [0.29, 0.717) is 12.1 Å². The van der Waals surface area contributed by atoms with E-state index in [2.05, 4.69) is 57.1 Å². The van der Waals surface area contributed by atoms with E-state index >= 15 is 0 Å². The molecule has 1 unspecified atom stereocenters. The maximum atomic E-state index is 6.19. The lowest BCUT2D eigenvalue weighted by atomic mass is 9.85. The number of nitrogens with one attached hydrogen (secondary N) is 1.